The Morgan fingerprint density at radius 3 is 2.53 bits per heavy atom. The molecule has 0 aliphatic heterocycles. The molecule has 0 aliphatic rings. The minimum Gasteiger partial charge on any atom is -0.374 e. The highest BCUT2D eigenvalue weighted by molar-refractivity contribution is 9.10. The van der Waals surface area contributed by atoms with E-state index in [1.807, 2.05) is 20.8 Å². The van der Waals surface area contributed by atoms with Gasteiger partial charge in [0.05, 0.1) is 10.1 Å². The van der Waals surface area contributed by atoms with E-state index in [2.05, 4.69) is 31.2 Å². The van der Waals surface area contributed by atoms with Crippen LogP contribution in [0, 0.1) is 0 Å². The van der Waals surface area contributed by atoms with E-state index in [0.717, 1.165) is 4.47 Å². The van der Waals surface area contributed by atoms with Gasteiger partial charge in [-0.3, -0.25) is 0 Å². The molecule has 0 aromatic carbocycles. The number of halogens is 1. The average Bonchev–Trinajstić information content (AvgIpc) is 2.17. The van der Waals surface area contributed by atoms with Crippen LogP contribution in [0.5, 0.6) is 0 Å². The van der Waals surface area contributed by atoms with E-state index >= 15 is 0 Å². The summed E-state index contributed by atoms with van der Waals surface area (Å²) in [4.78, 5) is 8.23. The Balaban J connectivity index is 2.46. The highest BCUT2D eigenvalue weighted by atomic mass is 79.9. The Morgan fingerprint density at radius 2 is 2.00 bits per heavy atom. The molecule has 1 rings (SSSR count). The molecule has 4 nitrogen and oxygen atoms in total. The summed E-state index contributed by atoms with van der Waals surface area (Å²) in [6.45, 7) is 7.43. The number of nitrogens with one attached hydrogen (secondary N) is 1. The largest absolute Gasteiger partial charge is 0.374 e. The van der Waals surface area contributed by atoms with Crippen LogP contribution in [0.3, 0.4) is 0 Å². The molecule has 0 fully saturated rings. The van der Waals surface area contributed by atoms with Gasteiger partial charge in [-0.25, -0.2) is 9.97 Å². The second kappa shape index (κ2) is 5.42. The Hall–Kier alpha value is -0.680. The zero-order valence-electron chi connectivity index (χ0n) is 9.25. The van der Waals surface area contributed by atoms with Crippen LogP contribution < -0.4 is 5.32 Å². The van der Waals surface area contributed by atoms with Crippen molar-refractivity contribution in [3.05, 3.63) is 16.9 Å². The zero-order valence-corrected chi connectivity index (χ0v) is 10.8. The molecule has 0 radical (unpaired) electrons. The second-order valence-electron chi connectivity index (χ2n) is 3.77. The molecule has 1 heterocycles. The summed E-state index contributed by atoms with van der Waals surface area (Å²) in [6.07, 6.45) is 3.42. The van der Waals surface area contributed by atoms with Crippen LogP contribution in [0.15, 0.2) is 16.9 Å². The highest BCUT2D eigenvalue weighted by Gasteiger charge is 2.17. The number of rotatable bonds is 5. The minimum atomic E-state index is -0.203. The highest BCUT2D eigenvalue weighted by Crippen LogP contribution is 2.11. The van der Waals surface area contributed by atoms with Crippen molar-refractivity contribution >= 4 is 21.9 Å². The third-order valence-corrected chi connectivity index (χ3v) is 2.24. The lowest BCUT2D eigenvalue weighted by atomic mass is 10.1. The fourth-order valence-electron chi connectivity index (χ4n) is 1.14. The third kappa shape index (κ3) is 4.57. The number of hydrogen-bond acceptors (Lipinski definition) is 4. The first-order valence-corrected chi connectivity index (χ1v) is 5.68. The standard InChI is InChI=1S/C10H16BrN3O/c1-4-15-10(2,3)7-14-9-12-5-8(11)6-13-9/h5-6H,4,7H2,1-3H3,(H,12,13,14). The molecule has 0 spiro atoms. The molecular weight excluding hydrogens is 258 g/mol. The molecule has 1 N–H and O–H groups in total. The van der Waals surface area contributed by atoms with Crippen molar-refractivity contribution in [2.75, 3.05) is 18.5 Å². The molecule has 84 valence electrons. The molecule has 0 aliphatic carbocycles. The number of ether oxygens (including phenoxy) is 1. The summed E-state index contributed by atoms with van der Waals surface area (Å²) in [5.74, 6) is 0.617. The molecule has 0 saturated carbocycles. The van der Waals surface area contributed by atoms with E-state index in [0.29, 0.717) is 19.1 Å². The first-order chi connectivity index (χ1) is 7.03. The van der Waals surface area contributed by atoms with Crippen molar-refractivity contribution in [3.63, 3.8) is 0 Å². The molecule has 0 saturated heterocycles. The van der Waals surface area contributed by atoms with Crippen molar-refractivity contribution in [2.24, 2.45) is 0 Å². The van der Waals surface area contributed by atoms with Crippen molar-refractivity contribution in [1.82, 2.24) is 9.97 Å². The summed E-state index contributed by atoms with van der Waals surface area (Å²) in [7, 11) is 0. The number of aromatic nitrogens is 2. The topological polar surface area (TPSA) is 47.0 Å². The first kappa shape index (κ1) is 12.4. The van der Waals surface area contributed by atoms with Gasteiger partial charge in [0.25, 0.3) is 0 Å². The van der Waals surface area contributed by atoms with Crippen LogP contribution in [0.4, 0.5) is 5.95 Å². The van der Waals surface area contributed by atoms with Crippen LogP contribution >= 0.6 is 15.9 Å². The molecule has 15 heavy (non-hydrogen) atoms. The Morgan fingerprint density at radius 1 is 1.40 bits per heavy atom. The lowest BCUT2D eigenvalue weighted by molar-refractivity contribution is 0.000582. The van der Waals surface area contributed by atoms with Crippen molar-refractivity contribution in [2.45, 2.75) is 26.4 Å². The lowest BCUT2D eigenvalue weighted by Crippen LogP contribution is -2.33. The van der Waals surface area contributed by atoms with Gasteiger partial charge >= 0.3 is 0 Å². The van der Waals surface area contributed by atoms with Crippen LogP contribution in [0.25, 0.3) is 0 Å². The number of hydrogen-bond donors (Lipinski definition) is 1. The molecule has 5 heteroatoms. The smallest absolute Gasteiger partial charge is 0.222 e. The van der Waals surface area contributed by atoms with Gasteiger partial charge in [0.15, 0.2) is 0 Å². The Labute approximate surface area is 98.6 Å². The van der Waals surface area contributed by atoms with Gasteiger partial charge in [-0.1, -0.05) is 0 Å². The molecule has 0 amide bonds. The van der Waals surface area contributed by atoms with Crippen LogP contribution in [-0.4, -0.2) is 28.7 Å². The average molecular weight is 274 g/mol. The molecule has 1 aromatic heterocycles. The summed E-state index contributed by atoms with van der Waals surface area (Å²) < 4.78 is 6.42. The van der Waals surface area contributed by atoms with E-state index in [1.165, 1.54) is 0 Å². The molecule has 0 bridgehead atoms. The SMILES string of the molecule is CCOC(C)(C)CNc1ncc(Br)cn1. The van der Waals surface area contributed by atoms with Gasteiger partial charge in [0, 0.05) is 25.5 Å². The zero-order chi connectivity index (χ0) is 11.3. The van der Waals surface area contributed by atoms with Crippen LogP contribution in [-0.2, 0) is 4.74 Å². The first-order valence-electron chi connectivity index (χ1n) is 4.89. The van der Waals surface area contributed by atoms with Crippen molar-refractivity contribution < 1.29 is 4.74 Å². The Bertz CT molecular complexity index is 300. The van der Waals surface area contributed by atoms with Gasteiger partial charge < -0.3 is 10.1 Å². The van der Waals surface area contributed by atoms with E-state index in [-0.39, 0.29) is 5.60 Å². The molecular formula is C10H16BrN3O. The second-order valence-corrected chi connectivity index (χ2v) is 4.69. The van der Waals surface area contributed by atoms with E-state index in [9.17, 15) is 0 Å². The fraction of sp³-hybridized carbons (Fsp3) is 0.600. The summed E-state index contributed by atoms with van der Waals surface area (Å²) >= 11 is 3.28. The van der Waals surface area contributed by atoms with Gasteiger partial charge in [0.2, 0.25) is 5.95 Å². The van der Waals surface area contributed by atoms with Crippen LogP contribution in [0.1, 0.15) is 20.8 Å². The van der Waals surface area contributed by atoms with E-state index in [4.69, 9.17) is 4.74 Å². The maximum Gasteiger partial charge on any atom is 0.222 e. The fourth-order valence-corrected chi connectivity index (χ4v) is 1.34. The maximum absolute atomic E-state index is 5.55. The normalized spacial score (nSPS) is 11.5. The van der Waals surface area contributed by atoms with Crippen molar-refractivity contribution in [1.29, 1.82) is 0 Å². The molecule has 1 aromatic rings. The van der Waals surface area contributed by atoms with Gasteiger partial charge in [-0.2, -0.15) is 0 Å². The van der Waals surface area contributed by atoms with Crippen LogP contribution in [0.2, 0.25) is 0 Å². The molecule has 0 unspecified atom stereocenters. The van der Waals surface area contributed by atoms with E-state index < -0.39 is 0 Å². The number of anilines is 1. The maximum atomic E-state index is 5.55. The predicted octanol–water partition coefficient (Wildman–Crippen LogP) is 2.47. The van der Waals surface area contributed by atoms with Gasteiger partial charge in [-0.05, 0) is 36.7 Å². The van der Waals surface area contributed by atoms with Gasteiger partial charge in [-0.15, -0.1) is 0 Å². The van der Waals surface area contributed by atoms with Crippen molar-refractivity contribution in [3.8, 4) is 0 Å². The Kier molecular flexibility index (Phi) is 4.47. The number of nitrogens with zero attached hydrogens (tertiary/aromatic N) is 2. The predicted molar refractivity (Wildman–Crippen MR) is 63.9 cm³/mol. The monoisotopic (exact) mass is 273 g/mol. The quantitative estimate of drug-likeness (QED) is 0.896. The van der Waals surface area contributed by atoms with E-state index in [1.54, 1.807) is 12.4 Å². The van der Waals surface area contributed by atoms with Gasteiger partial charge in [0.1, 0.15) is 0 Å². The lowest BCUT2D eigenvalue weighted by Gasteiger charge is -2.24. The summed E-state index contributed by atoms with van der Waals surface area (Å²) in [5, 5.41) is 3.13. The summed E-state index contributed by atoms with van der Waals surface area (Å²) in [5.41, 5.74) is -0.203. The molecule has 0 atom stereocenters. The summed E-state index contributed by atoms with van der Waals surface area (Å²) in [6, 6.07) is 0. The third-order valence-electron chi connectivity index (χ3n) is 1.83. The minimum absolute atomic E-state index is 0.203.